The van der Waals surface area contributed by atoms with E-state index < -0.39 is 0 Å². The molecule has 0 aromatic rings. The Balaban J connectivity index is 2.41. The van der Waals surface area contributed by atoms with Crippen LogP contribution in [0.3, 0.4) is 0 Å². The van der Waals surface area contributed by atoms with Crippen molar-refractivity contribution in [2.45, 2.75) is 46.6 Å². The molecule has 0 radical (unpaired) electrons. The van der Waals surface area contributed by atoms with Crippen LogP contribution in [0.5, 0.6) is 0 Å². The smallest absolute Gasteiger partial charge is 0.227 e. The summed E-state index contributed by atoms with van der Waals surface area (Å²) >= 11 is 5.67. The largest absolute Gasteiger partial charge is 0.353 e. The van der Waals surface area contributed by atoms with Gasteiger partial charge >= 0.3 is 0 Å². The number of halogens is 1. The van der Waals surface area contributed by atoms with Gasteiger partial charge in [-0.3, -0.25) is 9.59 Å². The minimum atomic E-state index is -0.330. The summed E-state index contributed by atoms with van der Waals surface area (Å²) in [6.45, 7) is 9.06. The van der Waals surface area contributed by atoms with E-state index in [1.54, 1.807) is 0 Å². The van der Waals surface area contributed by atoms with Crippen molar-refractivity contribution in [1.82, 2.24) is 10.2 Å². The first kappa shape index (κ1) is 16.3. The highest BCUT2D eigenvalue weighted by molar-refractivity contribution is 6.19. The van der Waals surface area contributed by atoms with Gasteiger partial charge in [0.05, 0.1) is 0 Å². The molecule has 2 amide bonds. The Morgan fingerprint density at radius 1 is 1.32 bits per heavy atom. The molecule has 1 atom stereocenters. The lowest BCUT2D eigenvalue weighted by Gasteiger charge is -2.36. The van der Waals surface area contributed by atoms with Crippen molar-refractivity contribution in [2.24, 2.45) is 11.3 Å². The number of rotatable bonds is 3. The Bertz CT molecular complexity index is 331. The topological polar surface area (TPSA) is 49.4 Å². The Morgan fingerprint density at radius 3 is 2.26 bits per heavy atom. The van der Waals surface area contributed by atoms with Gasteiger partial charge in [-0.15, -0.1) is 11.6 Å². The molecule has 0 saturated carbocycles. The maximum absolute atomic E-state index is 12.1. The zero-order valence-electron chi connectivity index (χ0n) is 12.3. The summed E-state index contributed by atoms with van der Waals surface area (Å²) in [7, 11) is 0. The molecule has 110 valence electrons. The number of carbonyl (C=O) groups is 2. The zero-order chi connectivity index (χ0) is 14.6. The molecule has 1 aliphatic rings. The molecule has 1 unspecified atom stereocenters. The second-order valence-electron chi connectivity index (χ2n) is 6.38. The molecule has 5 heteroatoms. The highest BCUT2D eigenvalue weighted by Crippen LogP contribution is 2.21. The van der Waals surface area contributed by atoms with Gasteiger partial charge < -0.3 is 10.2 Å². The van der Waals surface area contributed by atoms with Crippen molar-refractivity contribution in [3.05, 3.63) is 0 Å². The summed E-state index contributed by atoms with van der Waals surface area (Å²) in [4.78, 5) is 25.8. The first-order valence-electron chi connectivity index (χ1n) is 6.91. The molecule has 0 spiro atoms. The lowest BCUT2D eigenvalue weighted by Crippen LogP contribution is -2.50. The molecule has 0 aromatic carbocycles. The fraction of sp³-hybridized carbons (Fsp3) is 0.857. The second kappa shape index (κ2) is 6.60. The van der Waals surface area contributed by atoms with E-state index in [1.807, 2.05) is 32.6 Å². The van der Waals surface area contributed by atoms with Crippen LogP contribution in [0, 0.1) is 11.3 Å². The normalized spacial score (nSPS) is 19.1. The Morgan fingerprint density at radius 2 is 1.84 bits per heavy atom. The number of piperidine rings is 1. The molecule has 0 bridgehead atoms. The first-order valence-corrected chi connectivity index (χ1v) is 7.45. The number of likely N-dealkylation sites (tertiary alicyclic amines) is 1. The van der Waals surface area contributed by atoms with E-state index in [-0.39, 0.29) is 29.2 Å². The van der Waals surface area contributed by atoms with Crippen LogP contribution in [-0.4, -0.2) is 41.7 Å². The van der Waals surface area contributed by atoms with Crippen molar-refractivity contribution in [1.29, 1.82) is 0 Å². The summed E-state index contributed by atoms with van der Waals surface area (Å²) < 4.78 is 0. The molecule has 4 nitrogen and oxygen atoms in total. The van der Waals surface area contributed by atoms with Crippen LogP contribution in [0.1, 0.15) is 40.5 Å². The molecular weight excluding hydrogens is 264 g/mol. The van der Waals surface area contributed by atoms with E-state index >= 15 is 0 Å². The number of nitrogens with one attached hydrogen (secondary N) is 1. The van der Waals surface area contributed by atoms with E-state index in [2.05, 4.69) is 5.32 Å². The molecular formula is C14H25ClN2O2. The van der Waals surface area contributed by atoms with Gasteiger partial charge in [0.2, 0.25) is 11.8 Å². The monoisotopic (exact) mass is 288 g/mol. The molecule has 0 aliphatic carbocycles. The van der Waals surface area contributed by atoms with Crippen LogP contribution in [0.2, 0.25) is 0 Å². The van der Waals surface area contributed by atoms with Crippen molar-refractivity contribution in [2.75, 3.05) is 19.0 Å². The second-order valence-corrected chi connectivity index (χ2v) is 6.69. The number of hydrogen-bond acceptors (Lipinski definition) is 2. The number of carbonyl (C=O) groups excluding carboxylic acids is 2. The summed E-state index contributed by atoms with van der Waals surface area (Å²) in [5, 5.41) is 3.01. The molecule has 1 saturated heterocycles. The minimum Gasteiger partial charge on any atom is -0.353 e. The van der Waals surface area contributed by atoms with Crippen molar-refractivity contribution in [3.8, 4) is 0 Å². The van der Waals surface area contributed by atoms with Gasteiger partial charge in [-0.05, 0) is 12.8 Å². The van der Waals surface area contributed by atoms with E-state index in [4.69, 9.17) is 11.6 Å². The van der Waals surface area contributed by atoms with Gasteiger partial charge in [0.1, 0.15) is 0 Å². The van der Waals surface area contributed by atoms with Crippen LogP contribution in [0.25, 0.3) is 0 Å². The number of hydrogen-bond donors (Lipinski definition) is 1. The van der Waals surface area contributed by atoms with Gasteiger partial charge in [0.25, 0.3) is 0 Å². The lowest BCUT2D eigenvalue weighted by atomic mass is 9.93. The van der Waals surface area contributed by atoms with E-state index in [9.17, 15) is 9.59 Å². The molecule has 1 N–H and O–H groups in total. The van der Waals surface area contributed by atoms with Crippen molar-refractivity contribution < 1.29 is 9.59 Å². The maximum atomic E-state index is 12.1. The van der Waals surface area contributed by atoms with Gasteiger partial charge in [0, 0.05) is 36.3 Å². The number of amides is 2. The Hall–Kier alpha value is -0.770. The van der Waals surface area contributed by atoms with Gasteiger partial charge in [-0.1, -0.05) is 27.7 Å². The summed E-state index contributed by atoms with van der Waals surface area (Å²) in [5.41, 5.74) is -0.330. The quantitative estimate of drug-likeness (QED) is 0.808. The maximum Gasteiger partial charge on any atom is 0.227 e. The lowest BCUT2D eigenvalue weighted by molar-refractivity contribution is -0.140. The molecule has 0 aromatic heterocycles. The highest BCUT2D eigenvalue weighted by atomic mass is 35.5. The predicted octanol–water partition coefficient (Wildman–Crippen LogP) is 2.01. The fourth-order valence-corrected chi connectivity index (χ4v) is 2.25. The highest BCUT2D eigenvalue weighted by Gasteiger charge is 2.30. The van der Waals surface area contributed by atoms with Crippen LogP contribution in [0.4, 0.5) is 0 Å². The molecule has 1 heterocycles. The van der Waals surface area contributed by atoms with Crippen LogP contribution in [-0.2, 0) is 9.59 Å². The van der Waals surface area contributed by atoms with E-state index in [0.29, 0.717) is 5.88 Å². The van der Waals surface area contributed by atoms with Crippen molar-refractivity contribution in [3.63, 3.8) is 0 Å². The SMILES string of the molecule is CC(CCl)C(=O)NC1CCN(C(=O)C(C)(C)C)CC1. The van der Waals surface area contributed by atoms with Crippen LogP contribution in [0.15, 0.2) is 0 Å². The summed E-state index contributed by atoms with van der Waals surface area (Å²) in [6.07, 6.45) is 1.64. The third-order valence-corrected chi connectivity index (χ3v) is 3.91. The third-order valence-electron chi connectivity index (χ3n) is 3.45. The molecule has 1 fully saturated rings. The average molecular weight is 289 g/mol. The Labute approximate surface area is 120 Å². The van der Waals surface area contributed by atoms with Crippen LogP contribution < -0.4 is 5.32 Å². The Kier molecular flexibility index (Phi) is 5.65. The van der Waals surface area contributed by atoms with Gasteiger partial charge in [-0.25, -0.2) is 0 Å². The molecule has 1 rings (SSSR count). The third kappa shape index (κ3) is 4.68. The average Bonchev–Trinajstić information content (AvgIpc) is 2.36. The minimum absolute atomic E-state index is 0.00981. The standard InChI is InChI=1S/C14H25ClN2O2/c1-10(9-15)12(18)16-11-5-7-17(8-6-11)13(19)14(2,3)4/h10-11H,5-9H2,1-4H3,(H,16,18). The first-order chi connectivity index (χ1) is 8.75. The predicted molar refractivity (Wildman–Crippen MR) is 77.1 cm³/mol. The molecule has 1 aliphatic heterocycles. The van der Waals surface area contributed by atoms with Gasteiger partial charge in [-0.2, -0.15) is 0 Å². The van der Waals surface area contributed by atoms with Crippen LogP contribution >= 0.6 is 11.6 Å². The summed E-state index contributed by atoms with van der Waals surface area (Å²) in [6, 6.07) is 0.169. The van der Waals surface area contributed by atoms with E-state index in [0.717, 1.165) is 25.9 Å². The van der Waals surface area contributed by atoms with Gasteiger partial charge in [0.15, 0.2) is 0 Å². The van der Waals surface area contributed by atoms with E-state index in [1.165, 1.54) is 0 Å². The molecule has 19 heavy (non-hydrogen) atoms. The summed E-state index contributed by atoms with van der Waals surface area (Å²) in [5.74, 6) is 0.380. The number of nitrogens with zero attached hydrogens (tertiary/aromatic N) is 1. The number of alkyl halides is 1. The van der Waals surface area contributed by atoms with Crippen molar-refractivity contribution >= 4 is 23.4 Å². The zero-order valence-corrected chi connectivity index (χ0v) is 13.1. The fourth-order valence-electron chi connectivity index (χ4n) is 2.11.